The zero-order valence-corrected chi connectivity index (χ0v) is 19.4. The number of halogens is 3. The molecule has 3 aromatic rings. The van der Waals surface area contributed by atoms with Crippen LogP contribution in [0.2, 0.25) is 0 Å². The maximum atomic E-state index is 13.1. The van der Waals surface area contributed by atoms with Crippen LogP contribution >= 0.6 is 0 Å². The number of anilines is 1. The number of benzene rings is 1. The van der Waals surface area contributed by atoms with Crippen molar-refractivity contribution < 1.29 is 36.6 Å². The Kier molecular flexibility index (Phi) is 6.98. The Balaban J connectivity index is 1.42. The summed E-state index contributed by atoms with van der Waals surface area (Å²) in [6, 6.07) is 10.3. The highest BCUT2D eigenvalue weighted by Crippen LogP contribution is 2.30. The van der Waals surface area contributed by atoms with Crippen LogP contribution in [0.25, 0.3) is 11.1 Å². The number of pyridine rings is 2. The molecule has 1 aromatic carbocycles. The number of aliphatic hydroxyl groups is 1. The third-order valence-corrected chi connectivity index (χ3v) is 7.65. The van der Waals surface area contributed by atoms with E-state index in [9.17, 15) is 31.5 Å². The number of aromatic carboxylic acids is 1. The van der Waals surface area contributed by atoms with E-state index in [1.807, 2.05) is 0 Å². The summed E-state index contributed by atoms with van der Waals surface area (Å²) in [5.41, 5.74) is 0.129. The van der Waals surface area contributed by atoms with Crippen LogP contribution in [0, 0.1) is 0 Å². The number of alkyl halides is 3. The number of sulfonamides is 1. The molecule has 1 aliphatic heterocycles. The Morgan fingerprint density at radius 2 is 1.78 bits per heavy atom. The van der Waals surface area contributed by atoms with Gasteiger partial charge in [0, 0.05) is 25.5 Å². The van der Waals surface area contributed by atoms with Crippen molar-refractivity contribution in [3.05, 3.63) is 72.2 Å². The van der Waals surface area contributed by atoms with Crippen LogP contribution in [0.3, 0.4) is 0 Å². The summed E-state index contributed by atoms with van der Waals surface area (Å²) in [7, 11) is -3.94. The van der Waals surface area contributed by atoms with Crippen molar-refractivity contribution in [2.24, 2.45) is 0 Å². The molecule has 2 aromatic heterocycles. The van der Waals surface area contributed by atoms with Crippen LogP contribution in [0.4, 0.5) is 19.0 Å². The molecule has 0 radical (unpaired) electrons. The van der Waals surface area contributed by atoms with Crippen molar-refractivity contribution in [1.29, 1.82) is 0 Å². The molecule has 190 valence electrons. The Morgan fingerprint density at radius 3 is 2.36 bits per heavy atom. The summed E-state index contributed by atoms with van der Waals surface area (Å²) in [5, 5.41) is 22.5. The number of aliphatic hydroxyl groups excluding tert-OH is 1. The van der Waals surface area contributed by atoms with Gasteiger partial charge in [0.25, 0.3) is 0 Å². The maximum Gasteiger partial charge on any atom is 0.417 e. The Hall–Kier alpha value is -3.55. The minimum Gasteiger partial charge on any atom is -0.477 e. The van der Waals surface area contributed by atoms with Crippen LogP contribution in [0.1, 0.15) is 22.5 Å². The fraction of sp³-hybridized carbons (Fsp3) is 0.261. The molecule has 0 saturated carbocycles. The molecule has 0 aliphatic carbocycles. The first-order valence-corrected chi connectivity index (χ1v) is 12.2. The standard InChI is InChI=1S/C23H21F3N4O5S/c24-23(25,26)16-3-6-21(28-12-16)29-18-8-10-30(13-20(18)31)36(34,35)17-4-1-14(2-5-17)15-7-9-27-19(11-15)22(32)33/h1-7,9,11-12,18,20,31H,8,10,13H2,(H,28,29)(H,32,33)/t18-,20+/m1/s1. The molecule has 9 nitrogen and oxygen atoms in total. The third-order valence-electron chi connectivity index (χ3n) is 5.77. The first-order chi connectivity index (χ1) is 16.9. The lowest BCUT2D eigenvalue weighted by Gasteiger charge is -2.35. The van der Waals surface area contributed by atoms with Gasteiger partial charge in [-0.25, -0.2) is 23.2 Å². The van der Waals surface area contributed by atoms with E-state index in [1.54, 1.807) is 18.2 Å². The highest BCUT2D eigenvalue weighted by Gasteiger charge is 2.35. The molecule has 0 bridgehead atoms. The van der Waals surface area contributed by atoms with Gasteiger partial charge in [0.2, 0.25) is 10.0 Å². The summed E-state index contributed by atoms with van der Waals surface area (Å²) in [5.74, 6) is -1.04. The molecule has 0 amide bonds. The van der Waals surface area contributed by atoms with Crippen LogP contribution in [-0.4, -0.2) is 64.1 Å². The van der Waals surface area contributed by atoms with Gasteiger partial charge < -0.3 is 15.5 Å². The topological polar surface area (TPSA) is 133 Å². The molecular formula is C23H21F3N4O5S. The van der Waals surface area contributed by atoms with Gasteiger partial charge in [0.1, 0.15) is 11.5 Å². The third kappa shape index (κ3) is 5.48. The van der Waals surface area contributed by atoms with Gasteiger partial charge in [-0.1, -0.05) is 12.1 Å². The van der Waals surface area contributed by atoms with E-state index in [1.165, 1.54) is 24.4 Å². The molecule has 1 fully saturated rings. The minimum atomic E-state index is -4.51. The van der Waals surface area contributed by atoms with Crippen LogP contribution in [-0.2, 0) is 16.2 Å². The molecular weight excluding hydrogens is 501 g/mol. The Morgan fingerprint density at radius 1 is 1.06 bits per heavy atom. The van der Waals surface area contributed by atoms with E-state index in [0.29, 0.717) is 17.3 Å². The molecule has 3 N–H and O–H groups in total. The molecule has 1 saturated heterocycles. The average Bonchev–Trinajstić information content (AvgIpc) is 2.85. The molecule has 1 aliphatic rings. The number of nitrogens with zero attached hydrogens (tertiary/aromatic N) is 3. The van der Waals surface area contributed by atoms with Crippen molar-refractivity contribution in [2.45, 2.75) is 29.6 Å². The second-order valence-corrected chi connectivity index (χ2v) is 10.1. The number of hydrogen-bond acceptors (Lipinski definition) is 7. The number of rotatable bonds is 6. The Labute approximate surface area is 204 Å². The van der Waals surface area contributed by atoms with E-state index in [4.69, 9.17) is 5.11 Å². The first kappa shape index (κ1) is 25.5. The molecule has 0 unspecified atom stereocenters. The van der Waals surface area contributed by atoms with Crippen molar-refractivity contribution >= 4 is 21.8 Å². The van der Waals surface area contributed by atoms with E-state index in [-0.39, 0.29) is 35.9 Å². The number of piperidine rings is 1. The molecule has 36 heavy (non-hydrogen) atoms. The van der Waals surface area contributed by atoms with E-state index < -0.39 is 39.9 Å². The molecule has 0 spiro atoms. The number of aromatic nitrogens is 2. The summed E-state index contributed by atoms with van der Waals surface area (Å²) in [6.07, 6.45) is -3.39. The van der Waals surface area contributed by atoms with E-state index in [0.717, 1.165) is 16.4 Å². The number of carbonyl (C=O) groups is 1. The zero-order valence-electron chi connectivity index (χ0n) is 18.6. The fourth-order valence-electron chi connectivity index (χ4n) is 3.82. The number of β-amino-alcohol motifs (C(OH)–C–C–N with tert-alkyl or cyclic N) is 1. The molecule has 2 atom stereocenters. The fourth-order valence-corrected chi connectivity index (χ4v) is 5.29. The van der Waals surface area contributed by atoms with E-state index in [2.05, 4.69) is 15.3 Å². The minimum absolute atomic E-state index is 0.00165. The highest BCUT2D eigenvalue weighted by atomic mass is 32.2. The average molecular weight is 523 g/mol. The number of nitrogens with one attached hydrogen (secondary N) is 1. The van der Waals surface area contributed by atoms with Crippen molar-refractivity contribution in [2.75, 3.05) is 18.4 Å². The summed E-state index contributed by atoms with van der Waals surface area (Å²) < 4.78 is 65.5. The second-order valence-electron chi connectivity index (χ2n) is 8.16. The van der Waals surface area contributed by atoms with Gasteiger partial charge in [0.15, 0.2) is 0 Å². The van der Waals surface area contributed by atoms with Crippen LogP contribution in [0.5, 0.6) is 0 Å². The van der Waals surface area contributed by atoms with Gasteiger partial charge in [-0.15, -0.1) is 0 Å². The van der Waals surface area contributed by atoms with Gasteiger partial charge in [-0.3, -0.25) is 0 Å². The molecule has 4 rings (SSSR count). The highest BCUT2D eigenvalue weighted by molar-refractivity contribution is 7.89. The van der Waals surface area contributed by atoms with Gasteiger partial charge >= 0.3 is 12.1 Å². The quantitative estimate of drug-likeness (QED) is 0.450. The monoisotopic (exact) mass is 522 g/mol. The lowest BCUT2D eigenvalue weighted by atomic mass is 10.0. The number of hydrogen-bond donors (Lipinski definition) is 3. The zero-order chi connectivity index (χ0) is 26.1. The number of carboxylic acids is 1. The van der Waals surface area contributed by atoms with Crippen LogP contribution in [0.15, 0.2) is 65.8 Å². The summed E-state index contributed by atoms with van der Waals surface area (Å²) in [6.45, 7) is -0.138. The first-order valence-electron chi connectivity index (χ1n) is 10.7. The van der Waals surface area contributed by atoms with Crippen molar-refractivity contribution in [3.8, 4) is 11.1 Å². The van der Waals surface area contributed by atoms with Crippen molar-refractivity contribution in [1.82, 2.24) is 14.3 Å². The molecule has 13 heteroatoms. The van der Waals surface area contributed by atoms with Gasteiger partial charge in [0.05, 0.1) is 22.6 Å². The largest absolute Gasteiger partial charge is 0.477 e. The predicted molar refractivity (Wildman–Crippen MR) is 123 cm³/mol. The van der Waals surface area contributed by atoms with Gasteiger partial charge in [-0.2, -0.15) is 17.5 Å². The molecule has 3 heterocycles. The second kappa shape index (κ2) is 9.84. The Bertz CT molecular complexity index is 1350. The smallest absolute Gasteiger partial charge is 0.417 e. The lowest BCUT2D eigenvalue weighted by Crippen LogP contribution is -2.51. The van der Waals surface area contributed by atoms with Crippen molar-refractivity contribution in [3.63, 3.8) is 0 Å². The normalized spacial score (nSPS) is 19.1. The van der Waals surface area contributed by atoms with Gasteiger partial charge in [-0.05, 0) is 53.9 Å². The summed E-state index contributed by atoms with van der Waals surface area (Å²) >= 11 is 0. The SMILES string of the molecule is O=C(O)c1cc(-c2ccc(S(=O)(=O)N3CC[C@@H](Nc4ccc(C(F)(F)F)cn4)[C@@H](O)C3)cc2)ccn1. The maximum absolute atomic E-state index is 13.1. The summed E-state index contributed by atoms with van der Waals surface area (Å²) in [4.78, 5) is 18.6. The van der Waals surface area contributed by atoms with E-state index >= 15 is 0 Å². The van der Waals surface area contributed by atoms with Crippen LogP contribution < -0.4 is 5.32 Å². The predicted octanol–water partition coefficient (Wildman–Crippen LogP) is 3.10. The lowest BCUT2D eigenvalue weighted by molar-refractivity contribution is -0.137. The number of carboxylic acid groups (broad SMARTS) is 1.